The van der Waals surface area contributed by atoms with E-state index in [1.807, 2.05) is 0 Å². The topological polar surface area (TPSA) is 243 Å². The van der Waals surface area contributed by atoms with Crippen molar-refractivity contribution in [2.75, 3.05) is 24.6 Å². The monoisotopic (exact) mass is 659 g/mol. The molecular formula is C22H24F2N9O9PS. The number of anilines is 2. The van der Waals surface area contributed by atoms with Gasteiger partial charge in [-0.1, -0.05) is 0 Å². The van der Waals surface area contributed by atoms with Crippen LogP contribution in [0.3, 0.4) is 0 Å². The summed E-state index contributed by atoms with van der Waals surface area (Å²) in [7, 11) is -9.58. The minimum absolute atomic E-state index is 0.0218. The lowest BCUT2D eigenvalue weighted by atomic mass is 10.1. The number of nitrogen functional groups attached to an aromatic ring is 2. The SMILES string of the molecule is Nc1ncnc2c1ncn2[C@@H]1O[C@@H]2CNS(=O)(=O)O[C@H]3C[C@H](n4cc(F)c5c(N)ccnc54)O[C@@H]3COP(=O)(O)O[C@H]2[C@H]1F. The fourth-order valence-electron chi connectivity index (χ4n) is 5.49. The number of aromatic nitrogens is 6. The van der Waals surface area contributed by atoms with Gasteiger partial charge >= 0.3 is 18.1 Å². The summed E-state index contributed by atoms with van der Waals surface area (Å²) in [4.78, 5) is 26.6. The Bertz CT molecular complexity index is 1910. The molecule has 3 aliphatic rings. The van der Waals surface area contributed by atoms with Crippen LogP contribution in [0.1, 0.15) is 18.9 Å². The van der Waals surface area contributed by atoms with Crippen molar-refractivity contribution in [2.45, 2.75) is 49.5 Å². The fourth-order valence-corrected chi connectivity index (χ4v) is 7.41. The maximum absolute atomic E-state index is 15.9. The van der Waals surface area contributed by atoms with E-state index < -0.39 is 80.1 Å². The zero-order valence-electron chi connectivity index (χ0n) is 22.2. The lowest BCUT2D eigenvalue weighted by Crippen LogP contribution is -2.43. The summed E-state index contributed by atoms with van der Waals surface area (Å²) in [6, 6.07) is 1.41. The number of phosphoric acid groups is 1. The lowest BCUT2D eigenvalue weighted by Gasteiger charge is -2.25. The second-order valence-electron chi connectivity index (χ2n) is 10.2. The molecule has 0 bridgehead atoms. The molecule has 4 aromatic rings. The standard InChI is InChI=1S/C22H24F2N9O9PS/c23-9-5-32(20-15(9)10(25)1-2-27-20)14-3-11-13(39-14)6-38-43(34,35)41-18-12(4-31-44(36,37)42-11)40-22(16(18)24)33-8-30-17-19(26)28-7-29-21(17)33/h1-2,5,7-8,11-14,16,18,22,31H,3-4,6H2,(H2,25,27)(H,34,35)(H2,26,28,29)/t11-,12+,13+,14+,16+,18+,22+/m0/s1. The van der Waals surface area contributed by atoms with Gasteiger partial charge in [0.05, 0.1) is 18.3 Å². The molecule has 7 rings (SSSR count). The summed E-state index contributed by atoms with van der Waals surface area (Å²) in [5.41, 5.74) is 12.2. The first kappa shape index (κ1) is 29.3. The molecule has 3 fully saturated rings. The number of alkyl halides is 1. The number of rotatable bonds is 2. The Morgan fingerprint density at radius 3 is 2.73 bits per heavy atom. The van der Waals surface area contributed by atoms with E-state index in [-0.39, 0.29) is 40.1 Å². The number of pyridine rings is 1. The number of halogens is 2. The van der Waals surface area contributed by atoms with Crippen molar-refractivity contribution in [1.82, 2.24) is 33.8 Å². The molecule has 3 aliphatic heterocycles. The van der Waals surface area contributed by atoms with Gasteiger partial charge in [-0.05, 0) is 6.07 Å². The van der Waals surface area contributed by atoms with Crippen LogP contribution >= 0.6 is 7.82 Å². The molecule has 0 spiro atoms. The molecule has 22 heteroatoms. The summed E-state index contributed by atoms with van der Waals surface area (Å²) < 4.78 is 101. The Labute approximate surface area is 246 Å². The fraction of sp³-hybridized carbons (Fsp3) is 0.455. The second-order valence-corrected chi connectivity index (χ2v) is 13.0. The van der Waals surface area contributed by atoms with Gasteiger partial charge < -0.3 is 30.4 Å². The number of fused-ring (bicyclic) bond motifs is 4. The number of phosphoric ester groups is 1. The van der Waals surface area contributed by atoms with Crippen molar-refractivity contribution in [1.29, 1.82) is 0 Å². The van der Waals surface area contributed by atoms with Crippen LogP contribution in [0, 0.1) is 5.82 Å². The molecule has 236 valence electrons. The number of hydrogen-bond donors (Lipinski definition) is 4. The first-order chi connectivity index (χ1) is 20.9. The number of nitrogens with two attached hydrogens (primary N) is 2. The third-order valence-electron chi connectivity index (χ3n) is 7.49. The number of hydrogen-bond acceptors (Lipinski definition) is 14. The van der Waals surface area contributed by atoms with Gasteiger partial charge in [0.2, 0.25) is 0 Å². The third-order valence-corrected chi connectivity index (χ3v) is 9.49. The Morgan fingerprint density at radius 1 is 1.09 bits per heavy atom. The Morgan fingerprint density at radius 2 is 1.91 bits per heavy atom. The van der Waals surface area contributed by atoms with Crippen molar-refractivity contribution in [3.63, 3.8) is 0 Å². The molecule has 44 heavy (non-hydrogen) atoms. The van der Waals surface area contributed by atoms with Gasteiger partial charge in [-0.2, -0.15) is 13.1 Å². The molecular weight excluding hydrogens is 635 g/mol. The van der Waals surface area contributed by atoms with Crippen molar-refractivity contribution < 1.29 is 49.4 Å². The maximum Gasteiger partial charge on any atom is 0.472 e. The van der Waals surface area contributed by atoms with Crippen LogP contribution < -0.4 is 16.2 Å². The molecule has 3 saturated heterocycles. The minimum atomic E-state index is -5.02. The van der Waals surface area contributed by atoms with Crippen LogP contribution in [0.15, 0.2) is 31.1 Å². The van der Waals surface area contributed by atoms with E-state index in [0.29, 0.717) is 0 Å². The van der Waals surface area contributed by atoms with Gasteiger partial charge in [-0.3, -0.25) is 17.8 Å². The number of nitrogens with one attached hydrogen (secondary N) is 1. The maximum atomic E-state index is 15.9. The quantitative estimate of drug-likeness (QED) is 0.213. The van der Waals surface area contributed by atoms with E-state index in [0.717, 1.165) is 12.5 Å². The summed E-state index contributed by atoms with van der Waals surface area (Å²) in [6.45, 7) is -1.35. The summed E-state index contributed by atoms with van der Waals surface area (Å²) in [6.07, 6.45) is -5.87. The zero-order chi connectivity index (χ0) is 31.0. The largest absolute Gasteiger partial charge is 0.472 e. The highest BCUT2D eigenvalue weighted by Gasteiger charge is 2.52. The van der Waals surface area contributed by atoms with Crippen LogP contribution in [0.25, 0.3) is 22.2 Å². The predicted octanol–water partition coefficient (Wildman–Crippen LogP) is 0.438. The molecule has 0 aliphatic carbocycles. The van der Waals surface area contributed by atoms with Gasteiger partial charge in [0.25, 0.3) is 0 Å². The molecule has 4 aromatic heterocycles. The minimum Gasteiger partial charge on any atom is -0.398 e. The van der Waals surface area contributed by atoms with E-state index in [1.54, 1.807) is 0 Å². The van der Waals surface area contributed by atoms with Crippen molar-refractivity contribution in [3.05, 3.63) is 36.9 Å². The second kappa shape index (κ2) is 10.6. The molecule has 6 N–H and O–H groups in total. The summed E-state index contributed by atoms with van der Waals surface area (Å²) in [5.74, 6) is -0.668. The van der Waals surface area contributed by atoms with E-state index in [1.165, 1.54) is 27.7 Å². The number of ether oxygens (including phenoxy) is 2. The third kappa shape index (κ3) is 5.08. The molecule has 0 saturated carbocycles. The first-order valence-corrected chi connectivity index (χ1v) is 15.9. The van der Waals surface area contributed by atoms with Crippen molar-refractivity contribution >= 4 is 51.8 Å². The molecule has 0 amide bonds. The highest BCUT2D eigenvalue weighted by atomic mass is 32.2. The van der Waals surface area contributed by atoms with Crippen LogP contribution in [0.4, 0.5) is 20.3 Å². The van der Waals surface area contributed by atoms with Gasteiger partial charge in [-0.25, -0.2) is 33.3 Å². The Hall–Kier alpha value is -3.40. The average molecular weight is 660 g/mol. The van der Waals surface area contributed by atoms with Crippen LogP contribution in [0.5, 0.6) is 0 Å². The average Bonchev–Trinajstić information content (AvgIpc) is 3.72. The smallest absolute Gasteiger partial charge is 0.398 e. The number of imidazole rings is 1. The van der Waals surface area contributed by atoms with Crippen molar-refractivity contribution in [2.24, 2.45) is 0 Å². The first-order valence-electron chi connectivity index (χ1n) is 13.0. The van der Waals surface area contributed by atoms with Crippen molar-refractivity contribution in [3.8, 4) is 0 Å². The molecule has 0 aromatic carbocycles. The highest BCUT2D eigenvalue weighted by Crippen LogP contribution is 2.50. The summed E-state index contributed by atoms with van der Waals surface area (Å²) >= 11 is 0. The van der Waals surface area contributed by atoms with Crippen LogP contribution in [0.2, 0.25) is 0 Å². The van der Waals surface area contributed by atoms with E-state index >= 15 is 4.39 Å². The number of nitrogens with zero attached hydrogens (tertiary/aromatic N) is 6. The molecule has 7 heterocycles. The highest BCUT2D eigenvalue weighted by molar-refractivity contribution is 7.84. The summed E-state index contributed by atoms with van der Waals surface area (Å²) in [5, 5.41) is 0.0342. The lowest BCUT2D eigenvalue weighted by molar-refractivity contribution is -0.0469. The Balaban J connectivity index is 1.15. The molecule has 1 unspecified atom stereocenters. The zero-order valence-corrected chi connectivity index (χ0v) is 23.9. The Kier molecular flexibility index (Phi) is 7.06. The van der Waals surface area contributed by atoms with Gasteiger partial charge in [0.1, 0.15) is 48.1 Å². The normalized spacial score (nSPS) is 34.4. The van der Waals surface area contributed by atoms with Crippen LogP contribution in [-0.4, -0.2) is 86.1 Å². The van der Waals surface area contributed by atoms with Crippen LogP contribution in [-0.2, 0) is 37.6 Å². The predicted molar refractivity (Wildman–Crippen MR) is 144 cm³/mol. The van der Waals surface area contributed by atoms with Gasteiger partial charge in [0, 0.05) is 31.0 Å². The van der Waals surface area contributed by atoms with E-state index in [2.05, 4.69) is 24.7 Å². The molecule has 18 nitrogen and oxygen atoms in total. The van der Waals surface area contributed by atoms with Gasteiger partial charge in [-0.15, -0.1) is 0 Å². The van der Waals surface area contributed by atoms with E-state index in [9.17, 15) is 22.3 Å². The van der Waals surface area contributed by atoms with E-state index in [4.69, 9.17) is 34.2 Å². The molecule has 8 atom stereocenters. The molecule has 0 radical (unpaired) electrons. The van der Waals surface area contributed by atoms with Gasteiger partial charge in [0.15, 0.2) is 29.7 Å².